The number of rotatable bonds is 11. The van der Waals surface area contributed by atoms with Crippen LogP contribution in [0.2, 0.25) is 0 Å². The summed E-state index contributed by atoms with van der Waals surface area (Å²) in [4.78, 5) is 24.1. The Labute approximate surface area is 176 Å². The maximum Gasteiger partial charge on any atom is 0.239 e. The first kappa shape index (κ1) is 23.7. The summed E-state index contributed by atoms with van der Waals surface area (Å²) in [6.07, 6.45) is 1.55. The number of sulfone groups is 1. The summed E-state index contributed by atoms with van der Waals surface area (Å²) in [5.41, 5.74) is 1.31. The minimum atomic E-state index is -3.88. The molecule has 0 heterocycles. The van der Waals surface area contributed by atoms with E-state index in [0.717, 1.165) is 11.8 Å². The van der Waals surface area contributed by atoms with E-state index in [9.17, 15) is 26.4 Å². The zero-order valence-electron chi connectivity index (χ0n) is 16.4. The summed E-state index contributed by atoms with van der Waals surface area (Å²) in [5, 5.41) is 2.43. The van der Waals surface area contributed by atoms with Crippen molar-refractivity contribution in [2.45, 2.75) is 24.3 Å². The SMILES string of the molecule is CS(=O)(=O)N[C@@H](CS(=O)(=O)Cc1ccccc1)C(=O)N[C@H](C=O)Cc1ccccc1. The van der Waals surface area contributed by atoms with Crippen molar-refractivity contribution < 1.29 is 26.4 Å². The number of nitrogens with one attached hydrogen (secondary N) is 2. The van der Waals surface area contributed by atoms with Gasteiger partial charge in [0.15, 0.2) is 9.84 Å². The van der Waals surface area contributed by atoms with Crippen molar-refractivity contribution in [1.29, 1.82) is 0 Å². The topological polar surface area (TPSA) is 126 Å². The van der Waals surface area contributed by atoms with Gasteiger partial charge in [-0.2, -0.15) is 0 Å². The van der Waals surface area contributed by atoms with Gasteiger partial charge in [-0.05, 0) is 17.5 Å². The summed E-state index contributed by atoms with van der Waals surface area (Å²) in [7, 11) is -7.71. The Bertz CT molecular complexity index is 1050. The van der Waals surface area contributed by atoms with E-state index in [0.29, 0.717) is 11.8 Å². The molecule has 162 valence electrons. The maximum absolute atomic E-state index is 12.6. The fraction of sp³-hybridized carbons (Fsp3) is 0.300. The van der Waals surface area contributed by atoms with Crippen LogP contribution in [0.4, 0.5) is 0 Å². The molecule has 0 saturated heterocycles. The van der Waals surface area contributed by atoms with Crippen molar-refractivity contribution in [3.05, 3.63) is 71.8 Å². The van der Waals surface area contributed by atoms with Crippen LogP contribution < -0.4 is 10.0 Å². The molecule has 0 fully saturated rings. The van der Waals surface area contributed by atoms with Gasteiger partial charge in [-0.1, -0.05) is 60.7 Å². The predicted octanol–water partition coefficient (Wildman–Crippen LogP) is 0.446. The van der Waals surface area contributed by atoms with Gasteiger partial charge in [-0.3, -0.25) is 4.79 Å². The van der Waals surface area contributed by atoms with Crippen LogP contribution in [-0.4, -0.2) is 53.1 Å². The van der Waals surface area contributed by atoms with Gasteiger partial charge in [0.2, 0.25) is 15.9 Å². The van der Waals surface area contributed by atoms with Gasteiger partial charge in [0.25, 0.3) is 0 Å². The Morgan fingerprint density at radius 1 is 0.933 bits per heavy atom. The number of hydrogen-bond donors (Lipinski definition) is 2. The molecule has 10 heteroatoms. The average molecular weight is 453 g/mol. The molecule has 1 amide bonds. The van der Waals surface area contributed by atoms with Crippen molar-refractivity contribution in [3.63, 3.8) is 0 Å². The molecule has 2 aromatic carbocycles. The zero-order valence-corrected chi connectivity index (χ0v) is 18.0. The van der Waals surface area contributed by atoms with Crippen LogP contribution in [0.1, 0.15) is 11.1 Å². The fourth-order valence-corrected chi connectivity index (χ4v) is 5.22. The van der Waals surface area contributed by atoms with Crippen molar-refractivity contribution >= 4 is 32.1 Å². The highest BCUT2D eigenvalue weighted by atomic mass is 32.2. The molecule has 0 aliphatic carbocycles. The second-order valence-corrected chi connectivity index (χ2v) is 10.8. The first-order valence-corrected chi connectivity index (χ1v) is 12.8. The number of hydrogen-bond acceptors (Lipinski definition) is 6. The molecule has 0 aliphatic rings. The van der Waals surface area contributed by atoms with Gasteiger partial charge in [0, 0.05) is 0 Å². The van der Waals surface area contributed by atoms with E-state index in [1.165, 1.54) is 0 Å². The Morgan fingerprint density at radius 3 is 1.97 bits per heavy atom. The summed E-state index contributed by atoms with van der Waals surface area (Å²) >= 11 is 0. The highest BCUT2D eigenvalue weighted by Crippen LogP contribution is 2.09. The molecule has 30 heavy (non-hydrogen) atoms. The maximum atomic E-state index is 12.6. The monoisotopic (exact) mass is 452 g/mol. The van der Waals surface area contributed by atoms with Crippen LogP contribution in [0, 0.1) is 0 Å². The molecule has 0 radical (unpaired) electrons. The molecule has 2 atom stereocenters. The smallest absolute Gasteiger partial charge is 0.239 e. The molecule has 2 N–H and O–H groups in total. The standard InChI is InChI=1S/C20H24N2O6S2/c1-29(25,26)22-19(15-30(27,28)14-17-10-6-3-7-11-17)20(24)21-18(13-23)12-16-8-4-2-5-9-16/h2-11,13,18-19,22H,12,14-15H2,1H3,(H,21,24)/t18-,19-/m0/s1. The second kappa shape index (κ2) is 10.5. The largest absolute Gasteiger partial charge is 0.345 e. The molecular formula is C20H24N2O6S2. The van der Waals surface area contributed by atoms with Crippen LogP contribution in [0.3, 0.4) is 0 Å². The summed E-state index contributed by atoms with van der Waals surface area (Å²) in [5.74, 6) is -1.97. The number of carbonyl (C=O) groups is 2. The molecule has 2 aromatic rings. The normalized spacial score (nSPS) is 13.9. The minimum absolute atomic E-state index is 0.193. The number of benzene rings is 2. The van der Waals surface area contributed by atoms with Crippen LogP contribution in [0.25, 0.3) is 0 Å². The molecular weight excluding hydrogens is 428 g/mol. The molecule has 0 aliphatic heterocycles. The van der Waals surface area contributed by atoms with Gasteiger partial charge >= 0.3 is 0 Å². The minimum Gasteiger partial charge on any atom is -0.345 e. The molecule has 0 aromatic heterocycles. The van der Waals surface area contributed by atoms with Crippen LogP contribution in [0.5, 0.6) is 0 Å². The average Bonchev–Trinajstić information content (AvgIpc) is 2.66. The van der Waals surface area contributed by atoms with Crippen molar-refractivity contribution in [2.24, 2.45) is 0 Å². The molecule has 0 spiro atoms. The highest BCUT2D eigenvalue weighted by molar-refractivity contribution is 7.91. The lowest BCUT2D eigenvalue weighted by Crippen LogP contribution is -2.53. The van der Waals surface area contributed by atoms with Crippen LogP contribution >= 0.6 is 0 Å². The molecule has 0 saturated carbocycles. The van der Waals surface area contributed by atoms with E-state index in [4.69, 9.17) is 0 Å². The molecule has 0 unspecified atom stereocenters. The Hall–Kier alpha value is -2.56. The number of carbonyl (C=O) groups excluding carboxylic acids is 2. The van der Waals surface area contributed by atoms with Crippen molar-refractivity contribution in [3.8, 4) is 0 Å². The number of amides is 1. The lowest BCUT2D eigenvalue weighted by molar-refractivity contribution is -0.125. The van der Waals surface area contributed by atoms with Crippen molar-refractivity contribution in [1.82, 2.24) is 10.0 Å². The lowest BCUT2D eigenvalue weighted by Gasteiger charge is -2.20. The second-order valence-electron chi connectivity index (χ2n) is 6.92. The predicted molar refractivity (Wildman–Crippen MR) is 114 cm³/mol. The van der Waals surface area contributed by atoms with E-state index in [2.05, 4.69) is 10.0 Å². The Balaban J connectivity index is 2.14. The van der Waals surface area contributed by atoms with Gasteiger partial charge in [-0.15, -0.1) is 0 Å². The van der Waals surface area contributed by atoms with Gasteiger partial charge in [0.1, 0.15) is 12.3 Å². The van der Waals surface area contributed by atoms with Crippen LogP contribution in [-0.2, 0) is 41.6 Å². The summed E-state index contributed by atoms with van der Waals surface area (Å²) < 4.78 is 50.5. The fourth-order valence-electron chi connectivity index (χ4n) is 2.85. The van der Waals surface area contributed by atoms with Crippen molar-refractivity contribution in [2.75, 3.05) is 12.0 Å². The summed E-state index contributed by atoms with van der Waals surface area (Å²) in [6.45, 7) is 0. The van der Waals surface area contributed by atoms with E-state index in [1.807, 2.05) is 6.07 Å². The Kier molecular flexibility index (Phi) is 8.27. The Morgan fingerprint density at radius 2 is 1.47 bits per heavy atom. The molecule has 2 rings (SSSR count). The first-order valence-electron chi connectivity index (χ1n) is 9.09. The first-order chi connectivity index (χ1) is 14.1. The zero-order chi connectivity index (χ0) is 22.2. The molecule has 8 nitrogen and oxygen atoms in total. The van der Waals surface area contributed by atoms with Gasteiger partial charge in [-0.25, -0.2) is 21.6 Å². The van der Waals surface area contributed by atoms with Gasteiger partial charge < -0.3 is 10.1 Å². The van der Waals surface area contributed by atoms with E-state index in [1.54, 1.807) is 54.6 Å². The van der Waals surface area contributed by atoms with E-state index < -0.39 is 43.6 Å². The quantitative estimate of drug-likeness (QED) is 0.477. The van der Waals surface area contributed by atoms with Crippen LogP contribution in [0.15, 0.2) is 60.7 Å². The number of aldehydes is 1. The van der Waals surface area contributed by atoms with E-state index in [-0.39, 0.29) is 12.2 Å². The third-order valence-electron chi connectivity index (χ3n) is 4.11. The number of sulfonamides is 1. The summed E-state index contributed by atoms with van der Waals surface area (Å²) in [6, 6.07) is 14.8. The lowest BCUT2D eigenvalue weighted by atomic mass is 10.1. The van der Waals surface area contributed by atoms with Gasteiger partial charge in [0.05, 0.1) is 23.8 Å². The van der Waals surface area contributed by atoms with E-state index >= 15 is 0 Å². The highest BCUT2D eigenvalue weighted by Gasteiger charge is 2.29. The third-order valence-corrected chi connectivity index (χ3v) is 6.44. The molecule has 0 bridgehead atoms. The third kappa shape index (κ3) is 8.44.